The first-order chi connectivity index (χ1) is 9.97. The molecule has 0 aliphatic heterocycles. The lowest BCUT2D eigenvalue weighted by Crippen LogP contribution is -2.07. The molecule has 0 fully saturated rings. The number of carbonyl (C=O) groups is 1. The fourth-order valence-electron chi connectivity index (χ4n) is 2.65. The summed E-state index contributed by atoms with van der Waals surface area (Å²) < 4.78 is 7.75. The summed E-state index contributed by atoms with van der Waals surface area (Å²) in [6, 6.07) is 8.88. The Bertz CT molecular complexity index is 829. The van der Waals surface area contributed by atoms with Gasteiger partial charge in [-0.3, -0.25) is 0 Å². The third-order valence-electron chi connectivity index (χ3n) is 3.67. The Morgan fingerprint density at radius 1 is 1.29 bits per heavy atom. The number of hydrogen-bond acceptors (Lipinski definition) is 3. The van der Waals surface area contributed by atoms with E-state index in [9.17, 15) is 4.79 Å². The predicted molar refractivity (Wildman–Crippen MR) is 78.7 cm³/mol. The van der Waals surface area contributed by atoms with E-state index in [0.717, 1.165) is 22.9 Å². The van der Waals surface area contributed by atoms with Gasteiger partial charge in [-0.15, -0.1) is 0 Å². The van der Waals surface area contributed by atoms with E-state index in [1.807, 2.05) is 32.9 Å². The molecule has 0 spiro atoms. The number of aromatic nitrogens is 2. The zero-order valence-electron chi connectivity index (χ0n) is 12.1. The van der Waals surface area contributed by atoms with Gasteiger partial charge in [0.05, 0.1) is 22.6 Å². The van der Waals surface area contributed by atoms with Gasteiger partial charge in [0.1, 0.15) is 17.3 Å². The van der Waals surface area contributed by atoms with Gasteiger partial charge in [0.25, 0.3) is 0 Å². The van der Waals surface area contributed by atoms with Crippen LogP contribution in [0.15, 0.2) is 34.7 Å². The summed E-state index contributed by atoms with van der Waals surface area (Å²) in [6.45, 7) is 5.86. The molecule has 0 amide bonds. The van der Waals surface area contributed by atoms with E-state index in [-0.39, 0.29) is 11.6 Å². The smallest absolute Gasteiger partial charge is 0.335 e. The van der Waals surface area contributed by atoms with Gasteiger partial charge in [0, 0.05) is 0 Å². The van der Waals surface area contributed by atoms with Crippen molar-refractivity contribution in [1.82, 2.24) is 9.55 Å². The topological polar surface area (TPSA) is 68.3 Å². The molecule has 1 unspecified atom stereocenters. The summed E-state index contributed by atoms with van der Waals surface area (Å²) in [5.41, 5.74) is 1.83. The molecule has 0 radical (unpaired) electrons. The Labute approximate surface area is 121 Å². The van der Waals surface area contributed by atoms with Crippen molar-refractivity contribution >= 4 is 17.0 Å². The Morgan fingerprint density at radius 3 is 2.67 bits per heavy atom. The molecule has 0 saturated heterocycles. The van der Waals surface area contributed by atoms with E-state index in [4.69, 9.17) is 9.52 Å². The number of nitrogens with zero attached hydrogens (tertiary/aromatic N) is 2. The summed E-state index contributed by atoms with van der Waals surface area (Å²) in [6.07, 6.45) is 0. The monoisotopic (exact) mass is 284 g/mol. The average molecular weight is 284 g/mol. The van der Waals surface area contributed by atoms with E-state index in [2.05, 4.69) is 9.55 Å². The number of imidazole rings is 1. The van der Waals surface area contributed by atoms with Crippen molar-refractivity contribution in [2.75, 3.05) is 0 Å². The van der Waals surface area contributed by atoms with Gasteiger partial charge in [0.2, 0.25) is 0 Å². The van der Waals surface area contributed by atoms with Crippen LogP contribution in [-0.4, -0.2) is 20.6 Å². The highest BCUT2D eigenvalue weighted by Crippen LogP contribution is 2.27. The maximum Gasteiger partial charge on any atom is 0.335 e. The zero-order valence-corrected chi connectivity index (χ0v) is 12.1. The standard InChI is InChI=1S/C16H16N2O3/c1-9-4-7-15(21-9)10(2)18-11(3)17-13-8-12(16(19)20)5-6-14(13)18/h4-8,10H,1-3H3,(H,19,20). The largest absolute Gasteiger partial charge is 0.478 e. The van der Waals surface area contributed by atoms with Crippen LogP contribution in [0.25, 0.3) is 11.0 Å². The summed E-state index contributed by atoms with van der Waals surface area (Å²) in [5.74, 6) is 1.61. The molecule has 0 bridgehead atoms. The zero-order chi connectivity index (χ0) is 15.1. The first-order valence-electron chi connectivity index (χ1n) is 6.75. The fraction of sp³-hybridized carbons (Fsp3) is 0.250. The molecule has 1 atom stereocenters. The minimum absolute atomic E-state index is 0.000576. The van der Waals surface area contributed by atoms with E-state index in [1.54, 1.807) is 18.2 Å². The highest BCUT2D eigenvalue weighted by Gasteiger charge is 2.18. The lowest BCUT2D eigenvalue weighted by atomic mass is 10.2. The summed E-state index contributed by atoms with van der Waals surface area (Å²) in [7, 11) is 0. The Hall–Kier alpha value is -2.56. The molecule has 108 valence electrons. The predicted octanol–water partition coefficient (Wildman–Crippen LogP) is 3.55. The normalized spacial score (nSPS) is 12.7. The van der Waals surface area contributed by atoms with Gasteiger partial charge >= 0.3 is 5.97 Å². The summed E-state index contributed by atoms with van der Waals surface area (Å²) >= 11 is 0. The van der Waals surface area contributed by atoms with Gasteiger partial charge in [-0.05, 0) is 51.1 Å². The first kappa shape index (κ1) is 13.4. The van der Waals surface area contributed by atoms with Crippen molar-refractivity contribution in [3.05, 3.63) is 53.2 Å². The lowest BCUT2D eigenvalue weighted by Gasteiger charge is -2.14. The molecule has 2 aromatic heterocycles. The molecule has 0 aliphatic rings. The number of fused-ring (bicyclic) bond motifs is 1. The van der Waals surface area contributed by atoms with Crippen LogP contribution in [0.5, 0.6) is 0 Å². The fourth-order valence-corrected chi connectivity index (χ4v) is 2.65. The Balaban J connectivity index is 2.14. The second-order valence-electron chi connectivity index (χ2n) is 5.16. The maximum atomic E-state index is 11.0. The number of furan rings is 1. The van der Waals surface area contributed by atoms with Gasteiger partial charge in [-0.25, -0.2) is 9.78 Å². The van der Waals surface area contributed by atoms with Gasteiger partial charge < -0.3 is 14.1 Å². The highest BCUT2D eigenvalue weighted by atomic mass is 16.4. The van der Waals surface area contributed by atoms with E-state index < -0.39 is 5.97 Å². The first-order valence-corrected chi connectivity index (χ1v) is 6.75. The second kappa shape index (κ2) is 4.77. The van der Waals surface area contributed by atoms with E-state index in [0.29, 0.717) is 5.52 Å². The minimum atomic E-state index is -0.946. The van der Waals surface area contributed by atoms with Crippen LogP contribution in [0.3, 0.4) is 0 Å². The number of aromatic carboxylic acids is 1. The van der Waals surface area contributed by atoms with Crippen LogP contribution >= 0.6 is 0 Å². The summed E-state index contributed by atoms with van der Waals surface area (Å²) in [5, 5.41) is 9.06. The average Bonchev–Trinajstić information content (AvgIpc) is 2.99. The van der Waals surface area contributed by atoms with Crippen LogP contribution in [0, 0.1) is 13.8 Å². The van der Waals surface area contributed by atoms with Crippen LogP contribution < -0.4 is 0 Å². The molecular weight excluding hydrogens is 268 g/mol. The van der Waals surface area contributed by atoms with E-state index in [1.165, 1.54) is 0 Å². The molecule has 0 aliphatic carbocycles. The highest BCUT2D eigenvalue weighted by molar-refractivity contribution is 5.92. The third kappa shape index (κ3) is 2.20. The molecule has 1 aromatic carbocycles. The SMILES string of the molecule is Cc1ccc(C(C)n2c(C)nc3cc(C(=O)O)ccc32)o1. The van der Waals surface area contributed by atoms with Crippen LogP contribution in [0.2, 0.25) is 0 Å². The van der Waals surface area contributed by atoms with Gasteiger partial charge in [0.15, 0.2) is 0 Å². The second-order valence-corrected chi connectivity index (χ2v) is 5.16. The van der Waals surface area contributed by atoms with Crippen molar-refractivity contribution in [3.63, 3.8) is 0 Å². The minimum Gasteiger partial charge on any atom is -0.478 e. The van der Waals surface area contributed by atoms with E-state index >= 15 is 0 Å². The summed E-state index contributed by atoms with van der Waals surface area (Å²) in [4.78, 5) is 15.5. The molecule has 3 rings (SSSR count). The number of carboxylic acids is 1. The third-order valence-corrected chi connectivity index (χ3v) is 3.67. The van der Waals surface area contributed by atoms with Crippen LogP contribution in [0.1, 0.15) is 40.7 Å². The molecular formula is C16H16N2O3. The van der Waals surface area contributed by atoms with Crippen molar-refractivity contribution in [1.29, 1.82) is 0 Å². The number of aryl methyl sites for hydroxylation is 2. The van der Waals surface area contributed by atoms with Crippen molar-refractivity contribution < 1.29 is 14.3 Å². The van der Waals surface area contributed by atoms with Crippen LogP contribution in [-0.2, 0) is 0 Å². The molecule has 21 heavy (non-hydrogen) atoms. The molecule has 5 heteroatoms. The molecule has 1 N–H and O–H groups in total. The van der Waals surface area contributed by atoms with Crippen molar-refractivity contribution in [2.45, 2.75) is 26.8 Å². The van der Waals surface area contributed by atoms with Crippen molar-refractivity contribution in [3.8, 4) is 0 Å². The maximum absolute atomic E-state index is 11.0. The van der Waals surface area contributed by atoms with Crippen LogP contribution in [0.4, 0.5) is 0 Å². The molecule has 2 heterocycles. The quantitative estimate of drug-likeness (QED) is 0.798. The molecule has 5 nitrogen and oxygen atoms in total. The Morgan fingerprint density at radius 2 is 2.05 bits per heavy atom. The van der Waals surface area contributed by atoms with Gasteiger partial charge in [-0.2, -0.15) is 0 Å². The molecule has 3 aromatic rings. The number of benzene rings is 1. The number of rotatable bonds is 3. The number of hydrogen-bond donors (Lipinski definition) is 1. The lowest BCUT2D eigenvalue weighted by molar-refractivity contribution is 0.0697. The Kier molecular flexibility index (Phi) is 3.05. The molecule has 0 saturated carbocycles. The number of carboxylic acid groups (broad SMARTS) is 1. The van der Waals surface area contributed by atoms with Gasteiger partial charge in [-0.1, -0.05) is 0 Å². The van der Waals surface area contributed by atoms with Crippen molar-refractivity contribution in [2.24, 2.45) is 0 Å².